The van der Waals surface area contributed by atoms with E-state index < -0.39 is 5.54 Å². The molecule has 1 aliphatic rings. The average Bonchev–Trinajstić information content (AvgIpc) is 3.28. The largest absolute Gasteiger partial charge is 0.353 e. The molecule has 0 aromatic heterocycles. The Morgan fingerprint density at radius 2 is 2.05 bits per heavy atom. The van der Waals surface area contributed by atoms with Gasteiger partial charge in [0.2, 0.25) is 5.91 Å². The van der Waals surface area contributed by atoms with E-state index in [1.165, 1.54) is 12.8 Å². The van der Waals surface area contributed by atoms with E-state index in [0.29, 0.717) is 18.6 Å². The SMILES string of the molecule is CC(CNC(=O)C(C)(N)c1ccc(Br)cc1)N(C)C1CC1. The van der Waals surface area contributed by atoms with Gasteiger partial charge in [0.15, 0.2) is 0 Å². The molecule has 0 bridgehead atoms. The quantitative estimate of drug-likeness (QED) is 0.824. The van der Waals surface area contributed by atoms with Crippen LogP contribution in [0.5, 0.6) is 0 Å². The topological polar surface area (TPSA) is 58.4 Å². The maximum atomic E-state index is 12.4. The molecule has 0 saturated heterocycles. The zero-order valence-electron chi connectivity index (χ0n) is 12.9. The number of benzene rings is 1. The van der Waals surface area contributed by atoms with Crippen molar-refractivity contribution in [2.45, 2.75) is 44.3 Å². The highest BCUT2D eigenvalue weighted by molar-refractivity contribution is 9.10. The molecule has 1 amide bonds. The van der Waals surface area contributed by atoms with Crippen LogP contribution in [0.1, 0.15) is 32.3 Å². The average molecular weight is 354 g/mol. The maximum Gasteiger partial charge on any atom is 0.244 e. The van der Waals surface area contributed by atoms with E-state index >= 15 is 0 Å². The van der Waals surface area contributed by atoms with Gasteiger partial charge in [0.1, 0.15) is 5.54 Å². The van der Waals surface area contributed by atoms with Crippen LogP contribution in [0.25, 0.3) is 0 Å². The van der Waals surface area contributed by atoms with E-state index in [-0.39, 0.29) is 5.91 Å². The number of nitrogens with two attached hydrogens (primary N) is 1. The van der Waals surface area contributed by atoms with Crippen molar-refractivity contribution in [3.63, 3.8) is 0 Å². The lowest BCUT2D eigenvalue weighted by molar-refractivity contribution is -0.126. The molecular formula is C16H24BrN3O. The summed E-state index contributed by atoms with van der Waals surface area (Å²) in [7, 11) is 2.12. The summed E-state index contributed by atoms with van der Waals surface area (Å²) in [5, 5.41) is 2.98. The van der Waals surface area contributed by atoms with Gasteiger partial charge >= 0.3 is 0 Å². The lowest BCUT2D eigenvalue weighted by Crippen LogP contribution is -2.52. The Kier molecular flexibility index (Phi) is 5.07. The smallest absolute Gasteiger partial charge is 0.244 e. The molecule has 21 heavy (non-hydrogen) atoms. The maximum absolute atomic E-state index is 12.4. The fourth-order valence-corrected chi connectivity index (χ4v) is 2.60. The molecule has 1 saturated carbocycles. The predicted molar refractivity (Wildman–Crippen MR) is 88.9 cm³/mol. The van der Waals surface area contributed by atoms with Crippen molar-refractivity contribution in [1.82, 2.24) is 10.2 Å². The fourth-order valence-electron chi connectivity index (χ4n) is 2.34. The van der Waals surface area contributed by atoms with Gasteiger partial charge in [-0.3, -0.25) is 9.69 Å². The molecule has 4 nitrogen and oxygen atoms in total. The molecule has 3 N–H and O–H groups in total. The lowest BCUT2D eigenvalue weighted by atomic mass is 9.92. The minimum Gasteiger partial charge on any atom is -0.353 e. The van der Waals surface area contributed by atoms with Gasteiger partial charge in [-0.2, -0.15) is 0 Å². The minimum absolute atomic E-state index is 0.138. The van der Waals surface area contributed by atoms with Crippen LogP contribution >= 0.6 is 15.9 Å². The van der Waals surface area contributed by atoms with Crippen molar-refractivity contribution < 1.29 is 4.79 Å². The predicted octanol–water partition coefficient (Wildman–Crippen LogP) is 2.22. The molecule has 1 aromatic carbocycles. The number of nitrogens with one attached hydrogen (secondary N) is 1. The van der Waals surface area contributed by atoms with Crippen LogP contribution in [0.15, 0.2) is 28.7 Å². The summed E-state index contributed by atoms with van der Waals surface area (Å²) in [4.78, 5) is 14.7. The number of nitrogens with zero attached hydrogens (tertiary/aromatic N) is 1. The van der Waals surface area contributed by atoms with Crippen LogP contribution in [0.2, 0.25) is 0 Å². The number of hydrogen-bond acceptors (Lipinski definition) is 3. The first-order valence-electron chi connectivity index (χ1n) is 7.37. The Bertz CT molecular complexity index is 497. The number of likely N-dealkylation sites (N-methyl/N-ethyl adjacent to an activating group) is 1. The zero-order chi connectivity index (χ0) is 15.6. The fraction of sp³-hybridized carbons (Fsp3) is 0.562. The van der Waals surface area contributed by atoms with Crippen molar-refractivity contribution in [3.05, 3.63) is 34.3 Å². The molecular weight excluding hydrogens is 330 g/mol. The second-order valence-electron chi connectivity index (χ2n) is 6.16. The highest BCUT2D eigenvalue weighted by atomic mass is 79.9. The van der Waals surface area contributed by atoms with E-state index in [1.807, 2.05) is 24.3 Å². The second-order valence-corrected chi connectivity index (χ2v) is 7.08. The first-order valence-corrected chi connectivity index (χ1v) is 8.17. The van der Waals surface area contributed by atoms with Gasteiger partial charge in [-0.05, 0) is 51.4 Å². The molecule has 5 heteroatoms. The summed E-state index contributed by atoms with van der Waals surface area (Å²) >= 11 is 3.39. The molecule has 116 valence electrons. The van der Waals surface area contributed by atoms with Crippen molar-refractivity contribution in [1.29, 1.82) is 0 Å². The van der Waals surface area contributed by atoms with Gasteiger partial charge in [0.25, 0.3) is 0 Å². The van der Waals surface area contributed by atoms with Gasteiger partial charge in [0, 0.05) is 23.1 Å². The summed E-state index contributed by atoms with van der Waals surface area (Å²) in [6, 6.07) is 8.57. The Morgan fingerprint density at radius 3 is 2.57 bits per heavy atom. The Balaban J connectivity index is 1.93. The second kappa shape index (κ2) is 6.46. The highest BCUT2D eigenvalue weighted by Gasteiger charge is 2.32. The summed E-state index contributed by atoms with van der Waals surface area (Å²) in [5.41, 5.74) is 6.02. The van der Waals surface area contributed by atoms with Gasteiger partial charge in [-0.1, -0.05) is 28.1 Å². The van der Waals surface area contributed by atoms with Gasteiger partial charge in [-0.25, -0.2) is 0 Å². The third-order valence-corrected chi connectivity index (χ3v) is 4.82. The van der Waals surface area contributed by atoms with Crippen molar-refractivity contribution in [2.75, 3.05) is 13.6 Å². The van der Waals surface area contributed by atoms with Crippen LogP contribution < -0.4 is 11.1 Å². The highest BCUT2D eigenvalue weighted by Crippen LogP contribution is 2.27. The first kappa shape index (κ1) is 16.5. The lowest BCUT2D eigenvalue weighted by Gasteiger charge is -2.28. The molecule has 2 unspecified atom stereocenters. The van der Waals surface area contributed by atoms with E-state index in [4.69, 9.17) is 5.73 Å². The number of halogens is 1. The minimum atomic E-state index is -1.02. The third-order valence-electron chi connectivity index (χ3n) is 4.29. The number of carbonyl (C=O) groups is 1. The van der Waals surface area contributed by atoms with Crippen molar-refractivity contribution >= 4 is 21.8 Å². The molecule has 0 radical (unpaired) electrons. The van der Waals surface area contributed by atoms with Crippen LogP contribution in [-0.4, -0.2) is 36.5 Å². The van der Waals surface area contributed by atoms with Crippen LogP contribution in [-0.2, 0) is 10.3 Å². The molecule has 2 rings (SSSR count). The number of rotatable bonds is 6. The summed E-state index contributed by atoms with van der Waals surface area (Å²) in [6.45, 7) is 4.50. The van der Waals surface area contributed by atoms with Crippen LogP contribution in [0, 0.1) is 0 Å². The normalized spacial score (nSPS) is 19.1. The molecule has 0 heterocycles. The molecule has 1 fully saturated rings. The first-order chi connectivity index (χ1) is 9.82. The molecule has 1 aliphatic carbocycles. The van der Waals surface area contributed by atoms with E-state index in [9.17, 15) is 4.79 Å². The summed E-state index contributed by atoms with van der Waals surface area (Å²) < 4.78 is 0.974. The Morgan fingerprint density at radius 1 is 1.48 bits per heavy atom. The number of hydrogen-bond donors (Lipinski definition) is 2. The summed E-state index contributed by atoms with van der Waals surface area (Å²) in [6.07, 6.45) is 2.53. The Hall–Kier alpha value is -0.910. The monoisotopic (exact) mass is 353 g/mol. The third kappa shape index (κ3) is 4.05. The van der Waals surface area contributed by atoms with Crippen LogP contribution in [0.4, 0.5) is 0 Å². The van der Waals surface area contributed by atoms with Crippen molar-refractivity contribution in [2.24, 2.45) is 5.73 Å². The summed E-state index contributed by atoms with van der Waals surface area (Å²) in [5.74, 6) is -0.138. The number of carbonyl (C=O) groups excluding carboxylic acids is 1. The van der Waals surface area contributed by atoms with Crippen LogP contribution in [0.3, 0.4) is 0 Å². The standard InChI is InChI=1S/C16H24BrN3O/c1-11(20(3)14-8-9-14)10-19-15(21)16(2,18)12-4-6-13(17)7-5-12/h4-7,11,14H,8-10,18H2,1-3H3,(H,19,21). The molecule has 0 spiro atoms. The van der Waals surface area contributed by atoms with Gasteiger partial charge < -0.3 is 11.1 Å². The van der Waals surface area contributed by atoms with E-state index in [0.717, 1.165) is 10.0 Å². The number of amides is 1. The van der Waals surface area contributed by atoms with Gasteiger partial charge in [0.05, 0.1) is 0 Å². The zero-order valence-corrected chi connectivity index (χ0v) is 14.5. The molecule has 2 atom stereocenters. The molecule has 1 aromatic rings. The molecule has 0 aliphatic heterocycles. The van der Waals surface area contributed by atoms with Gasteiger partial charge in [-0.15, -0.1) is 0 Å². The van der Waals surface area contributed by atoms with E-state index in [1.54, 1.807) is 6.92 Å². The Labute approximate surface area is 135 Å². The van der Waals surface area contributed by atoms with Crippen molar-refractivity contribution in [3.8, 4) is 0 Å². The van der Waals surface area contributed by atoms with E-state index in [2.05, 4.69) is 40.1 Å².